The number of fused-ring (bicyclic) bond motifs is 1. The Hall–Kier alpha value is -3.73. The third-order valence-corrected chi connectivity index (χ3v) is 5.66. The zero-order chi connectivity index (χ0) is 21.8. The maximum Gasteiger partial charge on any atom is 0.262 e. The summed E-state index contributed by atoms with van der Waals surface area (Å²) >= 11 is 0. The molecule has 5 nitrogen and oxygen atoms in total. The molecule has 5 heteroatoms. The molecule has 4 rings (SSSR count). The first-order valence-corrected chi connectivity index (χ1v) is 10.4. The van der Waals surface area contributed by atoms with Gasteiger partial charge in [0.2, 0.25) is 5.91 Å². The van der Waals surface area contributed by atoms with Crippen molar-refractivity contribution < 1.29 is 14.4 Å². The van der Waals surface area contributed by atoms with E-state index < -0.39 is 17.9 Å². The van der Waals surface area contributed by atoms with Crippen molar-refractivity contribution >= 4 is 17.7 Å². The van der Waals surface area contributed by atoms with Crippen molar-refractivity contribution in [2.75, 3.05) is 6.54 Å². The topological polar surface area (TPSA) is 66.5 Å². The van der Waals surface area contributed by atoms with E-state index in [9.17, 15) is 14.4 Å². The van der Waals surface area contributed by atoms with Crippen LogP contribution in [0.1, 0.15) is 44.7 Å². The summed E-state index contributed by atoms with van der Waals surface area (Å²) in [5.41, 5.74) is 2.69. The van der Waals surface area contributed by atoms with E-state index in [1.54, 1.807) is 24.3 Å². The van der Waals surface area contributed by atoms with Crippen LogP contribution in [-0.4, -0.2) is 35.2 Å². The number of imide groups is 1. The molecule has 3 aromatic rings. The van der Waals surface area contributed by atoms with Crippen molar-refractivity contribution in [3.8, 4) is 0 Å². The van der Waals surface area contributed by atoms with Crippen LogP contribution >= 0.6 is 0 Å². The van der Waals surface area contributed by atoms with Crippen molar-refractivity contribution in [2.24, 2.45) is 0 Å². The molecular formula is C26H24N2O3. The normalized spacial score (nSPS) is 14.8. The summed E-state index contributed by atoms with van der Waals surface area (Å²) in [5.74, 6) is -1.08. The SMILES string of the molecule is C[C@H](CNC(=O)[C@H](Cc1ccccc1)N1C(=O)c2ccccc2C1=O)c1ccccc1. The monoisotopic (exact) mass is 412 g/mol. The highest BCUT2D eigenvalue weighted by Gasteiger charge is 2.42. The molecule has 0 unspecified atom stereocenters. The summed E-state index contributed by atoms with van der Waals surface area (Å²) < 4.78 is 0. The number of rotatable bonds is 7. The van der Waals surface area contributed by atoms with E-state index in [4.69, 9.17) is 0 Å². The Balaban J connectivity index is 1.57. The lowest BCUT2D eigenvalue weighted by atomic mass is 10.0. The van der Waals surface area contributed by atoms with Crippen LogP contribution in [0.5, 0.6) is 0 Å². The van der Waals surface area contributed by atoms with Crippen LogP contribution in [-0.2, 0) is 11.2 Å². The van der Waals surface area contributed by atoms with Gasteiger partial charge >= 0.3 is 0 Å². The largest absolute Gasteiger partial charge is 0.354 e. The number of hydrogen-bond donors (Lipinski definition) is 1. The van der Waals surface area contributed by atoms with Crippen LogP contribution in [0.3, 0.4) is 0 Å². The quantitative estimate of drug-likeness (QED) is 0.600. The summed E-state index contributed by atoms with van der Waals surface area (Å²) in [6.07, 6.45) is 0.262. The van der Waals surface area contributed by atoms with E-state index in [-0.39, 0.29) is 18.2 Å². The molecular weight excluding hydrogens is 388 g/mol. The average Bonchev–Trinajstić information content (AvgIpc) is 3.07. The summed E-state index contributed by atoms with van der Waals surface area (Å²) in [7, 11) is 0. The van der Waals surface area contributed by atoms with E-state index >= 15 is 0 Å². The average molecular weight is 412 g/mol. The fraction of sp³-hybridized carbons (Fsp3) is 0.192. The molecule has 156 valence electrons. The van der Waals surface area contributed by atoms with E-state index in [2.05, 4.69) is 5.32 Å². The summed E-state index contributed by atoms with van der Waals surface area (Å²) in [5, 5.41) is 2.96. The molecule has 1 aliphatic rings. The number of carbonyl (C=O) groups is 3. The molecule has 0 aromatic heterocycles. The second-order valence-corrected chi connectivity index (χ2v) is 7.79. The predicted molar refractivity (Wildman–Crippen MR) is 119 cm³/mol. The number of amides is 3. The van der Waals surface area contributed by atoms with Gasteiger partial charge in [-0.2, -0.15) is 0 Å². The van der Waals surface area contributed by atoms with Gasteiger partial charge in [-0.25, -0.2) is 0 Å². The molecule has 3 aromatic carbocycles. The third-order valence-electron chi connectivity index (χ3n) is 5.66. The molecule has 0 bridgehead atoms. The first-order chi connectivity index (χ1) is 15.1. The van der Waals surface area contributed by atoms with Crippen molar-refractivity contribution in [1.29, 1.82) is 0 Å². The molecule has 1 N–H and O–H groups in total. The van der Waals surface area contributed by atoms with Gasteiger partial charge < -0.3 is 5.32 Å². The zero-order valence-corrected chi connectivity index (χ0v) is 17.3. The number of carbonyl (C=O) groups excluding carboxylic acids is 3. The first-order valence-electron chi connectivity index (χ1n) is 10.4. The van der Waals surface area contributed by atoms with E-state index in [1.165, 1.54) is 0 Å². The highest BCUT2D eigenvalue weighted by Crippen LogP contribution is 2.26. The Morgan fingerprint density at radius 1 is 0.806 bits per heavy atom. The van der Waals surface area contributed by atoms with E-state index in [0.29, 0.717) is 17.7 Å². The maximum atomic E-state index is 13.3. The number of nitrogens with zero attached hydrogens (tertiary/aromatic N) is 1. The Morgan fingerprint density at radius 3 is 1.90 bits per heavy atom. The van der Waals surface area contributed by atoms with Crippen LogP contribution in [0, 0.1) is 0 Å². The van der Waals surface area contributed by atoms with Crippen molar-refractivity contribution in [1.82, 2.24) is 10.2 Å². The highest BCUT2D eigenvalue weighted by molar-refractivity contribution is 6.22. The minimum atomic E-state index is -0.919. The summed E-state index contributed by atoms with van der Waals surface area (Å²) in [6, 6.07) is 25.1. The second kappa shape index (κ2) is 8.96. The van der Waals surface area contributed by atoms with E-state index in [1.807, 2.05) is 67.6 Å². The fourth-order valence-electron chi connectivity index (χ4n) is 3.90. The second-order valence-electron chi connectivity index (χ2n) is 7.79. The van der Waals surface area contributed by atoms with Crippen molar-refractivity contribution in [2.45, 2.75) is 25.3 Å². The van der Waals surface area contributed by atoms with Gasteiger partial charge in [-0.1, -0.05) is 79.7 Å². The van der Waals surface area contributed by atoms with Gasteiger partial charge in [0.05, 0.1) is 11.1 Å². The number of hydrogen-bond acceptors (Lipinski definition) is 3. The summed E-state index contributed by atoms with van der Waals surface area (Å²) in [4.78, 5) is 40.4. The molecule has 0 fully saturated rings. The Labute approximate surface area is 181 Å². The molecule has 0 saturated carbocycles. The van der Waals surface area contributed by atoms with Gasteiger partial charge in [-0.05, 0) is 29.2 Å². The number of benzene rings is 3. The Morgan fingerprint density at radius 2 is 1.32 bits per heavy atom. The molecule has 0 spiro atoms. The van der Waals surface area contributed by atoms with Crippen LogP contribution < -0.4 is 5.32 Å². The zero-order valence-electron chi connectivity index (χ0n) is 17.3. The third kappa shape index (κ3) is 4.26. The van der Waals surface area contributed by atoms with Gasteiger partial charge in [-0.15, -0.1) is 0 Å². The fourth-order valence-corrected chi connectivity index (χ4v) is 3.90. The van der Waals surface area contributed by atoms with Gasteiger partial charge in [0.1, 0.15) is 6.04 Å². The highest BCUT2D eigenvalue weighted by atomic mass is 16.2. The lowest BCUT2D eigenvalue weighted by molar-refractivity contribution is -0.125. The Bertz CT molecular complexity index is 1060. The first kappa shape index (κ1) is 20.5. The molecule has 31 heavy (non-hydrogen) atoms. The van der Waals surface area contributed by atoms with Crippen LogP contribution in [0.25, 0.3) is 0 Å². The van der Waals surface area contributed by atoms with Gasteiger partial charge in [0, 0.05) is 13.0 Å². The van der Waals surface area contributed by atoms with Gasteiger partial charge in [0.25, 0.3) is 11.8 Å². The standard InChI is InChI=1S/C26H24N2O3/c1-18(20-12-6-3-7-13-20)17-27-24(29)23(16-19-10-4-2-5-11-19)28-25(30)21-14-8-9-15-22(21)26(28)31/h2-15,18,23H,16-17H2,1H3,(H,27,29)/t18-,23+/m1/s1. The molecule has 1 heterocycles. The predicted octanol–water partition coefficient (Wildman–Crippen LogP) is 3.81. The maximum absolute atomic E-state index is 13.3. The van der Waals surface area contributed by atoms with Gasteiger partial charge in [-0.3, -0.25) is 19.3 Å². The Kier molecular flexibility index (Phi) is 5.94. The molecule has 0 aliphatic carbocycles. The van der Waals surface area contributed by atoms with Crippen LogP contribution in [0.4, 0.5) is 0 Å². The number of nitrogens with one attached hydrogen (secondary N) is 1. The van der Waals surface area contributed by atoms with Crippen LogP contribution in [0.2, 0.25) is 0 Å². The molecule has 2 atom stereocenters. The van der Waals surface area contributed by atoms with Crippen LogP contribution in [0.15, 0.2) is 84.9 Å². The van der Waals surface area contributed by atoms with Gasteiger partial charge in [0.15, 0.2) is 0 Å². The smallest absolute Gasteiger partial charge is 0.262 e. The summed E-state index contributed by atoms with van der Waals surface area (Å²) in [6.45, 7) is 2.45. The lowest BCUT2D eigenvalue weighted by Gasteiger charge is -2.26. The lowest BCUT2D eigenvalue weighted by Crippen LogP contribution is -2.51. The minimum Gasteiger partial charge on any atom is -0.354 e. The molecule has 1 aliphatic heterocycles. The molecule has 0 saturated heterocycles. The molecule has 3 amide bonds. The molecule has 0 radical (unpaired) electrons. The van der Waals surface area contributed by atoms with Crippen molar-refractivity contribution in [3.05, 3.63) is 107 Å². The van der Waals surface area contributed by atoms with Crippen molar-refractivity contribution in [3.63, 3.8) is 0 Å². The van der Waals surface area contributed by atoms with E-state index in [0.717, 1.165) is 16.0 Å². The minimum absolute atomic E-state index is 0.102.